The van der Waals surface area contributed by atoms with Crippen LogP contribution in [0.3, 0.4) is 0 Å². The molecule has 1 spiro atoms. The maximum Gasteiger partial charge on any atom is 0.225 e. The van der Waals surface area contributed by atoms with Crippen molar-refractivity contribution in [2.45, 2.75) is 51.6 Å². The minimum Gasteiger partial charge on any atom is -0.341 e. The van der Waals surface area contributed by atoms with E-state index in [1.165, 1.54) is 25.7 Å². The lowest BCUT2D eigenvalue weighted by Gasteiger charge is -2.54. The van der Waals surface area contributed by atoms with E-state index < -0.39 is 6.17 Å². The van der Waals surface area contributed by atoms with Crippen molar-refractivity contribution in [3.63, 3.8) is 0 Å². The molecule has 1 aliphatic heterocycles. The Labute approximate surface area is 103 Å². The van der Waals surface area contributed by atoms with Gasteiger partial charge in [-0.1, -0.05) is 19.8 Å². The standard InChI is InChI=1S/C14H22FNO/c1-10-2-4-14(5-3-10)8-16(9-14)13(17)11-6-12(15)7-11/h10-12H,2-9H2,1H3. The van der Waals surface area contributed by atoms with Crippen molar-refractivity contribution >= 4 is 5.91 Å². The number of nitrogens with zero attached hydrogens (tertiary/aromatic N) is 1. The van der Waals surface area contributed by atoms with E-state index in [2.05, 4.69) is 6.92 Å². The summed E-state index contributed by atoms with van der Waals surface area (Å²) in [5.74, 6) is 1.09. The van der Waals surface area contributed by atoms with Crippen LogP contribution in [-0.2, 0) is 4.79 Å². The number of carbonyl (C=O) groups is 1. The molecule has 3 aliphatic rings. The SMILES string of the molecule is CC1CCC2(CC1)CN(C(=O)C1CC(F)C1)C2. The summed E-state index contributed by atoms with van der Waals surface area (Å²) >= 11 is 0. The Morgan fingerprint density at radius 3 is 2.35 bits per heavy atom. The minimum atomic E-state index is -0.713. The number of rotatable bonds is 1. The lowest BCUT2D eigenvalue weighted by Crippen LogP contribution is -2.61. The molecular weight excluding hydrogens is 217 g/mol. The van der Waals surface area contributed by atoms with Crippen molar-refractivity contribution < 1.29 is 9.18 Å². The molecule has 3 heteroatoms. The van der Waals surface area contributed by atoms with Crippen LogP contribution in [0.2, 0.25) is 0 Å². The second-order valence-corrected chi connectivity index (χ2v) is 6.64. The highest BCUT2D eigenvalue weighted by Gasteiger charge is 2.49. The average Bonchev–Trinajstić information content (AvgIpc) is 2.22. The van der Waals surface area contributed by atoms with E-state index in [1.807, 2.05) is 4.90 Å². The van der Waals surface area contributed by atoms with Gasteiger partial charge in [-0.05, 0) is 31.6 Å². The third-order valence-electron chi connectivity index (χ3n) is 5.13. The van der Waals surface area contributed by atoms with Crippen LogP contribution in [0.4, 0.5) is 4.39 Å². The Kier molecular flexibility index (Phi) is 2.68. The van der Waals surface area contributed by atoms with Crippen molar-refractivity contribution in [1.29, 1.82) is 0 Å². The molecule has 2 aliphatic carbocycles. The van der Waals surface area contributed by atoms with Gasteiger partial charge in [0.1, 0.15) is 6.17 Å². The van der Waals surface area contributed by atoms with E-state index in [1.54, 1.807) is 0 Å². The summed E-state index contributed by atoms with van der Waals surface area (Å²) in [6.45, 7) is 4.22. The second-order valence-electron chi connectivity index (χ2n) is 6.64. The maximum absolute atomic E-state index is 12.7. The maximum atomic E-state index is 12.7. The molecule has 0 radical (unpaired) electrons. The van der Waals surface area contributed by atoms with Crippen LogP contribution < -0.4 is 0 Å². The van der Waals surface area contributed by atoms with Crippen molar-refractivity contribution in [3.8, 4) is 0 Å². The summed E-state index contributed by atoms with van der Waals surface area (Å²) in [6.07, 6.45) is 5.44. The van der Waals surface area contributed by atoms with Gasteiger partial charge in [0.2, 0.25) is 5.91 Å². The minimum absolute atomic E-state index is 0.00450. The highest BCUT2D eigenvalue weighted by atomic mass is 19.1. The summed E-state index contributed by atoms with van der Waals surface area (Å²) in [5, 5.41) is 0. The molecule has 2 nitrogen and oxygen atoms in total. The molecule has 0 N–H and O–H groups in total. The predicted molar refractivity (Wildman–Crippen MR) is 64.3 cm³/mol. The quantitative estimate of drug-likeness (QED) is 0.689. The van der Waals surface area contributed by atoms with Crippen LogP contribution in [0.5, 0.6) is 0 Å². The Morgan fingerprint density at radius 2 is 1.82 bits per heavy atom. The first-order chi connectivity index (χ1) is 8.08. The fourth-order valence-electron chi connectivity index (χ4n) is 3.62. The molecule has 1 heterocycles. The summed E-state index contributed by atoms with van der Waals surface area (Å²) in [7, 11) is 0. The van der Waals surface area contributed by atoms with Gasteiger partial charge in [-0.25, -0.2) is 4.39 Å². The van der Waals surface area contributed by atoms with Crippen molar-refractivity contribution in [1.82, 2.24) is 4.90 Å². The van der Waals surface area contributed by atoms with Gasteiger partial charge in [0, 0.05) is 24.4 Å². The van der Waals surface area contributed by atoms with Crippen molar-refractivity contribution in [2.75, 3.05) is 13.1 Å². The van der Waals surface area contributed by atoms with E-state index in [9.17, 15) is 9.18 Å². The van der Waals surface area contributed by atoms with E-state index >= 15 is 0 Å². The monoisotopic (exact) mass is 239 g/mol. The summed E-state index contributed by atoms with van der Waals surface area (Å²) in [5.41, 5.74) is 0.445. The smallest absolute Gasteiger partial charge is 0.225 e. The highest BCUT2D eigenvalue weighted by molar-refractivity contribution is 5.80. The molecule has 0 aromatic heterocycles. The number of hydrogen-bond donors (Lipinski definition) is 0. The Bertz CT molecular complexity index is 308. The molecule has 0 aromatic carbocycles. The van der Waals surface area contributed by atoms with Crippen molar-refractivity contribution in [2.24, 2.45) is 17.3 Å². The number of amides is 1. The number of halogens is 1. The molecule has 1 amide bonds. The summed E-state index contributed by atoms with van der Waals surface area (Å²) in [6, 6.07) is 0. The van der Waals surface area contributed by atoms with Gasteiger partial charge in [0.25, 0.3) is 0 Å². The fraction of sp³-hybridized carbons (Fsp3) is 0.929. The Hall–Kier alpha value is -0.600. The first kappa shape index (κ1) is 11.5. The zero-order valence-electron chi connectivity index (χ0n) is 10.6. The lowest BCUT2D eigenvalue weighted by molar-refractivity contribution is -0.155. The zero-order valence-corrected chi connectivity index (χ0v) is 10.6. The van der Waals surface area contributed by atoms with Crippen LogP contribution in [0.1, 0.15) is 45.4 Å². The number of carbonyl (C=O) groups excluding carboxylic acids is 1. The molecule has 3 rings (SSSR count). The van der Waals surface area contributed by atoms with E-state index in [0.29, 0.717) is 18.3 Å². The van der Waals surface area contributed by atoms with Gasteiger partial charge >= 0.3 is 0 Å². The molecule has 2 saturated carbocycles. The van der Waals surface area contributed by atoms with E-state index in [0.717, 1.165) is 19.0 Å². The normalized spacial score (nSPS) is 36.5. The fourth-order valence-corrected chi connectivity index (χ4v) is 3.62. The van der Waals surface area contributed by atoms with Crippen LogP contribution in [-0.4, -0.2) is 30.1 Å². The van der Waals surface area contributed by atoms with Gasteiger partial charge in [0.15, 0.2) is 0 Å². The average molecular weight is 239 g/mol. The lowest BCUT2D eigenvalue weighted by atomic mass is 9.65. The van der Waals surface area contributed by atoms with E-state index in [4.69, 9.17) is 0 Å². The molecule has 3 fully saturated rings. The summed E-state index contributed by atoms with van der Waals surface area (Å²) in [4.78, 5) is 14.0. The van der Waals surface area contributed by atoms with Crippen LogP contribution in [0.25, 0.3) is 0 Å². The van der Waals surface area contributed by atoms with Gasteiger partial charge in [-0.3, -0.25) is 4.79 Å². The molecule has 17 heavy (non-hydrogen) atoms. The second kappa shape index (κ2) is 3.96. The van der Waals surface area contributed by atoms with Gasteiger partial charge < -0.3 is 4.90 Å². The Balaban J connectivity index is 1.49. The summed E-state index contributed by atoms with van der Waals surface area (Å²) < 4.78 is 12.7. The number of hydrogen-bond acceptors (Lipinski definition) is 1. The largest absolute Gasteiger partial charge is 0.341 e. The van der Waals surface area contributed by atoms with Crippen LogP contribution in [0, 0.1) is 17.3 Å². The predicted octanol–water partition coefficient (Wildman–Crippen LogP) is 2.77. The number of alkyl halides is 1. The first-order valence-corrected chi connectivity index (χ1v) is 7.01. The van der Waals surface area contributed by atoms with E-state index in [-0.39, 0.29) is 11.8 Å². The molecule has 96 valence electrons. The topological polar surface area (TPSA) is 20.3 Å². The van der Waals surface area contributed by atoms with Gasteiger partial charge in [-0.15, -0.1) is 0 Å². The Morgan fingerprint density at radius 1 is 1.24 bits per heavy atom. The first-order valence-electron chi connectivity index (χ1n) is 7.01. The molecule has 0 bridgehead atoms. The molecule has 0 unspecified atom stereocenters. The van der Waals surface area contributed by atoms with Gasteiger partial charge in [-0.2, -0.15) is 0 Å². The number of likely N-dealkylation sites (tertiary alicyclic amines) is 1. The van der Waals surface area contributed by atoms with Crippen molar-refractivity contribution in [3.05, 3.63) is 0 Å². The van der Waals surface area contributed by atoms with Crippen LogP contribution >= 0.6 is 0 Å². The molecule has 1 saturated heterocycles. The zero-order chi connectivity index (χ0) is 12.0. The third-order valence-corrected chi connectivity index (χ3v) is 5.13. The van der Waals surface area contributed by atoms with Crippen LogP contribution in [0.15, 0.2) is 0 Å². The third kappa shape index (κ3) is 1.98. The highest BCUT2D eigenvalue weighted by Crippen LogP contribution is 2.46. The van der Waals surface area contributed by atoms with Gasteiger partial charge in [0.05, 0.1) is 0 Å². The molecule has 0 atom stereocenters. The molecular formula is C14H22FNO. The molecule has 0 aromatic rings.